The molecule has 0 aliphatic carbocycles. The second kappa shape index (κ2) is 12.1. The van der Waals surface area contributed by atoms with Crippen molar-refractivity contribution in [2.45, 2.75) is 25.6 Å². The molecule has 5 rings (SSSR count). The molecule has 8 heteroatoms. The van der Waals surface area contributed by atoms with Gasteiger partial charge in [-0.1, -0.05) is 36.4 Å². The van der Waals surface area contributed by atoms with E-state index in [2.05, 4.69) is 59.8 Å². The van der Waals surface area contributed by atoms with E-state index in [-0.39, 0.29) is 10.9 Å². The molecule has 0 saturated carbocycles. The highest BCUT2D eigenvalue weighted by Gasteiger charge is 2.48. The minimum absolute atomic E-state index is 0.203. The van der Waals surface area contributed by atoms with Crippen LogP contribution in [0.2, 0.25) is 0 Å². The molecule has 2 heterocycles. The summed E-state index contributed by atoms with van der Waals surface area (Å²) >= 11 is 0. The zero-order valence-electron chi connectivity index (χ0n) is 25.2. The highest BCUT2D eigenvalue weighted by molar-refractivity contribution is 5.90. The number of rotatable bonds is 10. The van der Waals surface area contributed by atoms with E-state index >= 15 is 0 Å². The average molecular weight is 561 g/mol. The highest BCUT2D eigenvalue weighted by atomic mass is 16.7. The molecular weight excluding hydrogens is 518 g/mol. The Balaban J connectivity index is 1.41. The SMILES string of the molecule is COc1cc2cc(-c3ccccc3CC(C)N3CC[N+](OC)(c4ccccc4OC)C(OC)C3)n(C)c2cc1OC. The van der Waals surface area contributed by atoms with Crippen molar-refractivity contribution in [2.75, 3.05) is 55.2 Å². The van der Waals surface area contributed by atoms with Gasteiger partial charge in [0, 0.05) is 49.0 Å². The smallest absolute Gasteiger partial charge is 0.240 e. The van der Waals surface area contributed by atoms with Gasteiger partial charge in [0.1, 0.15) is 6.54 Å². The van der Waals surface area contributed by atoms with Gasteiger partial charge in [0.25, 0.3) is 0 Å². The summed E-state index contributed by atoms with van der Waals surface area (Å²) in [6.07, 6.45) is 0.702. The van der Waals surface area contributed by atoms with Crippen LogP contribution in [0.3, 0.4) is 0 Å². The summed E-state index contributed by atoms with van der Waals surface area (Å²) in [5.41, 5.74) is 5.78. The van der Waals surface area contributed by atoms with Crippen LogP contribution in [0.25, 0.3) is 22.2 Å². The molecule has 1 aromatic heterocycles. The fraction of sp³-hybridized carbons (Fsp3) is 0.394. The first-order chi connectivity index (χ1) is 19.9. The lowest BCUT2D eigenvalue weighted by Gasteiger charge is -2.47. The van der Waals surface area contributed by atoms with Crippen LogP contribution in [-0.4, -0.2) is 76.9 Å². The predicted molar refractivity (Wildman–Crippen MR) is 164 cm³/mol. The Hall–Kier alpha value is -3.56. The number of hydroxylamine groups is 2. The summed E-state index contributed by atoms with van der Waals surface area (Å²) in [6, 6.07) is 23.4. The lowest BCUT2D eigenvalue weighted by atomic mass is 9.97. The Morgan fingerprint density at radius 1 is 0.854 bits per heavy atom. The van der Waals surface area contributed by atoms with Gasteiger partial charge in [0.2, 0.25) is 11.9 Å². The van der Waals surface area contributed by atoms with E-state index < -0.39 is 0 Å². The van der Waals surface area contributed by atoms with Gasteiger partial charge in [0.15, 0.2) is 17.2 Å². The second-order valence-electron chi connectivity index (χ2n) is 10.6. The first-order valence-corrected chi connectivity index (χ1v) is 14.0. The van der Waals surface area contributed by atoms with E-state index in [1.807, 2.05) is 30.3 Å². The molecule has 1 fully saturated rings. The monoisotopic (exact) mass is 560 g/mol. The van der Waals surface area contributed by atoms with E-state index in [9.17, 15) is 0 Å². The number of para-hydroxylation sites is 2. The lowest BCUT2D eigenvalue weighted by molar-refractivity contribution is -0.242. The van der Waals surface area contributed by atoms with Crippen LogP contribution in [0, 0.1) is 0 Å². The van der Waals surface area contributed by atoms with Crippen molar-refractivity contribution in [3.8, 4) is 28.5 Å². The van der Waals surface area contributed by atoms with Crippen LogP contribution >= 0.6 is 0 Å². The van der Waals surface area contributed by atoms with Crippen molar-refractivity contribution in [3.05, 3.63) is 72.3 Å². The number of aromatic nitrogens is 1. The van der Waals surface area contributed by atoms with Crippen molar-refractivity contribution < 1.29 is 23.8 Å². The first kappa shape index (κ1) is 29.0. The Bertz CT molecular complexity index is 1500. The second-order valence-corrected chi connectivity index (χ2v) is 10.6. The molecule has 218 valence electrons. The predicted octanol–water partition coefficient (Wildman–Crippen LogP) is 5.66. The maximum atomic E-state index is 6.19. The number of hydrogen-bond donors (Lipinski definition) is 0. The van der Waals surface area contributed by atoms with Crippen LogP contribution in [0.1, 0.15) is 12.5 Å². The Kier molecular flexibility index (Phi) is 8.56. The molecule has 1 aliphatic heterocycles. The fourth-order valence-electron chi connectivity index (χ4n) is 6.33. The highest BCUT2D eigenvalue weighted by Crippen LogP contribution is 2.39. The molecule has 41 heavy (non-hydrogen) atoms. The van der Waals surface area contributed by atoms with E-state index in [1.54, 1.807) is 35.5 Å². The summed E-state index contributed by atoms with van der Waals surface area (Å²) in [5.74, 6) is 2.26. The van der Waals surface area contributed by atoms with Crippen LogP contribution in [0.4, 0.5) is 5.69 Å². The van der Waals surface area contributed by atoms with E-state index in [0.717, 1.165) is 65.6 Å². The third-order valence-electron chi connectivity index (χ3n) is 8.65. The Labute approximate surface area is 243 Å². The van der Waals surface area contributed by atoms with Gasteiger partial charge < -0.3 is 23.5 Å². The zero-order chi connectivity index (χ0) is 29.1. The molecule has 3 unspecified atom stereocenters. The molecule has 0 radical (unpaired) electrons. The third kappa shape index (κ3) is 5.17. The van der Waals surface area contributed by atoms with E-state index in [4.69, 9.17) is 23.8 Å². The van der Waals surface area contributed by atoms with Crippen molar-refractivity contribution in [1.82, 2.24) is 14.1 Å². The normalized spacial score (nSPS) is 20.2. The number of benzene rings is 3. The molecule has 0 N–H and O–H groups in total. The quantitative estimate of drug-likeness (QED) is 0.234. The summed E-state index contributed by atoms with van der Waals surface area (Å²) in [7, 11) is 10.7. The zero-order valence-corrected chi connectivity index (χ0v) is 25.2. The summed E-state index contributed by atoms with van der Waals surface area (Å²) < 4.78 is 25.4. The summed E-state index contributed by atoms with van der Waals surface area (Å²) in [4.78, 5) is 8.70. The molecule has 0 amide bonds. The average Bonchev–Trinajstić information content (AvgIpc) is 3.34. The maximum Gasteiger partial charge on any atom is 0.240 e. The number of quaternary nitrogens is 1. The standard InChI is InChI=1S/C33H42N3O5/c1-23(35-16-17-36(41-7,33(22-35)40-6)29-14-10-11-15-30(29)37-3)18-24-12-8-9-13-26(24)28-19-25-20-31(38-4)32(39-5)21-27(25)34(28)2/h8-15,19-21,23,33H,16-18,22H2,1-7H3/q+1. The van der Waals surface area contributed by atoms with Crippen molar-refractivity contribution in [2.24, 2.45) is 7.05 Å². The van der Waals surface area contributed by atoms with Gasteiger partial charge >= 0.3 is 0 Å². The van der Waals surface area contributed by atoms with Gasteiger partial charge in [-0.2, -0.15) is 4.84 Å². The topological polar surface area (TPSA) is 54.3 Å². The fourth-order valence-corrected chi connectivity index (χ4v) is 6.33. The van der Waals surface area contributed by atoms with Crippen LogP contribution in [0.5, 0.6) is 17.2 Å². The number of hydrogen-bond acceptors (Lipinski definition) is 6. The number of nitrogens with zero attached hydrogens (tertiary/aromatic N) is 3. The Morgan fingerprint density at radius 3 is 2.24 bits per heavy atom. The van der Waals surface area contributed by atoms with Crippen molar-refractivity contribution >= 4 is 16.6 Å². The largest absolute Gasteiger partial charge is 0.493 e. The van der Waals surface area contributed by atoms with Crippen LogP contribution in [0.15, 0.2) is 66.7 Å². The van der Waals surface area contributed by atoms with E-state index in [1.165, 1.54) is 11.1 Å². The third-order valence-corrected chi connectivity index (χ3v) is 8.65. The first-order valence-electron chi connectivity index (χ1n) is 14.0. The molecule has 3 atom stereocenters. The van der Waals surface area contributed by atoms with Gasteiger partial charge in [0.05, 0.1) is 47.0 Å². The summed E-state index contributed by atoms with van der Waals surface area (Å²) in [5, 5.41) is 1.12. The number of fused-ring (bicyclic) bond motifs is 1. The maximum absolute atomic E-state index is 6.19. The van der Waals surface area contributed by atoms with Crippen LogP contribution < -0.4 is 18.9 Å². The number of methoxy groups -OCH3 is 4. The Morgan fingerprint density at radius 2 is 1.54 bits per heavy atom. The molecule has 8 nitrogen and oxygen atoms in total. The molecule has 0 spiro atoms. The molecule has 4 aromatic rings. The lowest BCUT2D eigenvalue weighted by Crippen LogP contribution is -2.68. The minimum Gasteiger partial charge on any atom is -0.493 e. The number of piperazine rings is 1. The molecule has 0 bridgehead atoms. The van der Waals surface area contributed by atoms with Crippen molar-refractivity contribution in [3.63, 3.8) is 0 Å². The van der Waals surface area contributed by atoms with Crippen molar-refractivity contribution in [1.29, 1.82) is 0 Å². The molecule has 1 saturated heterocycles. The molecule has 3 aromatic carbocycles. The van der Waals surface area contributed by atoms with Gasteiger partial charge in [-0.3, -0.25) is 4.90 Å². The van der Waals surface area contributed by atoms with Crippen LogP contribution in [-0.2, 0) is 23.0 Å². The van der Waals surface area contributed by atoms with E-state index in [0.29, 0.717) is 6.04 Å². The minimum atomic E-state index is -0.203. The van der Waals surface area contributed by atoms with Gasteiger partial charge in [-0.15, -0.1) is 4.65 Å². The molecular formula is C33H42N3O5+. The van der Waals surface area contributed by atoms with Gasteiger partial charge in [-0.25, -0.2) is 0 Å². The number of aryl methyl sites for hydroxylation is 1. The number of ether oxygens (including phenoxy) is 4. The summed E-state index contributed by atoms with van der Waals surface area (Å²) in [6.45, 7) is 4.65. The molecule has 1 aliphatic rings. The van der Waals surface area contributed by atoms with Gasteiger partial charge in [-0.05, 0) is 37.1 Å².